The van der Waals surface area contributed by atoms with Crippen LogP contribution in [0.1, 0.15) is 41.1 Å². The molecule has 0 N–H and O–H groups in total. The Hall–Kier alpha value is -4.12. The number of carbonyl (C=O) groups excluding carboxylic acids is 2. The molecule has 3 aromatic carbocycles. The number of fused-ring (bicyclic) bond motifs is 1. The normalized spacial score (nSPS) is 17.1. The Labute approximate surface area is 199 Å². The lowest BCUT2D eigenvalue weighted by molar-refractivity contribution is -0.117. The molecule has 2 unspecified atom stereocenters. The summed E-state index contributed by atoms with van der Waals surface area (Å²) in [5.74, 6) is 0.0963. The highest BCUT2D eigenvalue weighted by Crippen LogP contribution is 2.43. The molecular formula is C29H26N2O3. The van der Waals surface area contributed by atoms with Crippen molar-refractivity contribution in [1.82, 2.24) is 0 Å². The van der Waals surface area contributed by atoms with E-state index in [-0.39, 0.29) is 23.9 Å². The lowest BCUT2D eigenvalue weighted by Gasteiger charge is -2.44. The minimum atomic E-state index is -0.203. The first-order chi connectivity index (χ1) is 16.6. The molecule has 2 atom stereocenters. The first-order valence-electron chi connectivity index (χ1n) is 11.5. The van der Waals surface area contributed by atoms with Crippen molar-refractivity contribution >= 4 is 23.2 Å². The van der Waals surface area contributed by atoms with Crippen molar-refractivity contribution in [3.05, 3.63) is 120 Å². The molecule has 5 nitrogen and oxygen atoms in total. The number of rotatable bonds is 5. The lowest BCUT2D eigenvalue weighted by atomic mass is 9.86. The van der Waals surface area contributed by atoms with E-state index in [9.17, 15) is 9.59 Å². The Kier molecular flexibility index (Phi) is 6.00. The molecular weight excluding hydrogens is 424 g/mol. The quantitative estimate of drug-likeness (QED) is 0.373. The molecule has 1 aliphatic rings. The number of furan rings is 1. The minimum absolute atomic E-state index is 0.0322. The first-order valence-corrected chi connectivity index (χ1v) is 11.5. The molecule has 0 aliphatic carbocycles. The van der Waals surface area contributed by atoms with Crippen molar-refractivity contribution in [3.8, 4) is 0 Å². The molecule has 0 fully saturated rings. The number of anilines is 2. The SMILES string of the molecule is CC(=O)N(c1ccccc1)C1CC(Cc2ccccc2)N(C(=O)c2ccco2)c2ccccc21. The second-order valence-corrected chi connectivity index (χ2v) is 8.53. The minimum Gasteiger partial charge on any atom is -0.459 e. The van der Waals surface area contributed by atoms with Gasteiger partial charge < -0.3 is 14.2 Å². The number of hydrogen-bond acceptors (Lipinski definition) is 3. The Morgan fingerprint density at radius 2 is 1.56 bits per heavy atom. The van der Waals surface area contributed by atoms with Gasteiger partial charge in [-0.2, -0.15) is 0 Å². The summed E-state index contributed by atoms with van der Waals surface area (Å²) in [4.78, 5) is 30.3. The van der Waals surface area contributed by atoms with E-state index in [1.54, 1.807) is 19.1 Å². The smallest absolute Gasteiger partial charge is 0.294 e. The van der Waals surface area contributed by atoms with Crippen molar-refractivity contribution in [2.24, 2.45) is 0 Å². The Balaban J connectivity index is 1.63. The number of amides is 2. The van der Waals surface area contributed by atoms with Crippen molar-refractivity contribution < 1.29 is 14.0 Å². The van der Waals surface area contributed by atoms with Crippen LogP contribution in [-0.4, -0.2) is 17.9 Å². The molecule has 170 valence electrons. The molecule has 0 spiro atoms. The summed E-state index contributed by atoms with van der Waals surface area (Å²) >= 11 is 0. The maximum absolute atomic E-state index is 13.7. The summed E-state index contributed by atoms with van der Waals surface area (Å²) in [6, 6.07) is 30.8. The Morgan fingerprint density at radius 1 is 0.882 bits per heavy atom. The molecule has 0 saturated heterocycles. The zero-order chi connectivity index (χ0) is 23.5. The largest absolute Gasteiger partial charge is 0.459 e. The van der Waals surface area contributed by atoms with E-state index in [0.29, 0.717) is 18.6 Å². The van der Waals surface area contributed by atoms with Crippen LogP contribution >= 0.6 is 0 Å². The van der Waals surface area contributed by atoms with Crippen molar-refractivity contribution in [3.63, 3.8) is 0 Å². The van der Waals surface area contributed by atoms with Gasteiger partial charge in [0.25, 0.3) is 5.91 Å². The number of para-hydroxylation sites is 2. The van der Waals surface area contributed by atoms with E-state index in [0.717, 1.165) is 22.5 Å². The van der Waals surface area contributed by atoms with Crippen LogP contribution in [0.3, 0.4) is 0 Å². The van der Waals surface area contributed by atoms with Gasteiger partial charge in [-0.3, -0.25) is 9.59 Å². The molecule has 5 rings (SSSR count). The second-order valence-electron chi connectivity index (χ2n) is 8.53. The monoisotopic (exact) mass is 450 g/mol. The fourth-order valence-electron chi connectivity index (χ4n) is 4.94. The zero-order valence-corrected chi connectivity index (χ0v) is 19.0. The topological polar surface area (TPSA) is 53.8 Å². The summed E-state index contributed by atoms with van der Waals surface area (Å²) in [6.07, 6.45) is 2.79. The number of hydrogen-bond donors (Lipinski definition) is 0. The van der Waals surface area contributed by atoms with E-state index in [2.05, 4.69) is 12.1 Å². The van der Waals surface area contributed by atoms with Crippen LogP contribution in [0.5, 0.6) is 0 Å². The third kappa shape index (κ3) is 4.13. The van der Waals surface area contributed by atoms with Gasteiger partial charge in [0.15, 0.2) is 5.76 Å². The van der Waals surface area contributed by atoms with Crippen molar-refractivity contribution in [1.29, 1.82) is 0 Å². The Bertz CT molecular complexity index is 1270. The average molecular weight is 451 g/mol. The second kappa shape index (κ2) is 9.40. The van der Waals surface area contributed by atoms with Gasteiger partial charge in [0.1, 0.15) is 0 Å². The van der Waals surface area contributed by atoms with Crippen LogP contribution in [0.25, 0.3) is 0 Å². The van der Waals surface area contributed by atoms with Gasteiger partial charge in [0, 0.05) is 24.3 Å². The van der Waals surface area contributed by atoms with Crippen LogP contribution in [0.15, 0.2) is 108 Å². The maximum Gasteiger partial charge on any atom is 0.294 e. The van der Waals surface area contributed by atoms with Crippen LogP contribution in [0, 0.1) is 0 Å². The standard InChI is InChI=1S/C29H26N2O3/c1-21(32)30(23-13-6-3-7-14-23)27-20-24(19-22-11-4-2-5-12-22)31(26-16-9-8-15-25(26)27)29(33)28-17-10-18-34-28/h2-18,24,27H,19-20H2,1H3. The predicted octanol–water partition coefficient (Wildman–Crippen LogP) is 6.04. The number of carbonyl (C=O) groups is 2. The maximum atomic E-state index is 13.7. The molecule has 0 radical (unpaired) electrons. The molecule has 0 bridgehead atoms. The summed E-state index contributed by atoms with van der Waals surface area (Å²) in [5.41, 5.74) is 3.74. The predicted molar refractivity (Wildman–Crippen MR) is 133 cm³/mol. The molecule has 1 aliphatic heterocycles. The van der Waals surface area contributed by atoms with E-state index < -0.39 is 0 Å². The van der Waals surface area contributed by atoms with Crippen molar-refractivity contribution in [2.75, 3.05) is 9.80 Å². The molecule has 2 amide bonds. The number of benzene rings is 3. The highest BCUT2D eigenvalue weighted by Gasteiger charge is 2.40. The highest BCUT2D eigenvalue weighted by atomic mass is 16.3. The Morgan fingerprint density at radius 3 is 2.24 bits per heavy atom. The van der Waals surface area contributed by atoms with Crippen LogP contribution in [0.4, 0.5) is 11.4 Å². The number of nitrogens with zero attached hydrogens (tertiary/aromatic N) is 2. The lowest BCUT2D eigenvalue weighted by Crippen LogP contribution is -2.49. The summed E-state index contributed by atoms with van der Waals surface area (Å²) in [7, 11) is 0. The summed E-state index contributed by atoms with van der Waals surface area (Å²) in [6.45, 7) is 1.60. The van der Waals surface area contributed by atoms with E-state index in [1.165, 1.54) is 6.26 Å². The molecule has 5 heteroatoms. The van der Waals surface area contributed by atoms with Gasteiger partial charge in [-0.05, 0) is 54.3 Å². The molecule has 4 aromatic rings. The van der Waals surface area contributed by atoms with Gasteiger partial charge in [0.05, 0.1) is 12.3 Å². The van der Waals surface area contributed by atoms with Crippen molar-refractivity contribution in [2.45, 2.75) is 31.8 Å². The van der Waals surface area contributed by atoms with Gasteiger partial charge in [-0.15, -0.1) is 0 Å². The highest BCUT2D eigenvalue weighted by molar-refractivity contribution is 6.06. The van der Waals surface area contributed by atoms with Crippen LogP contribution in [0.2, 0.25) is 0 Å². The van der Waals surface area contributed by atoms with Gasteiger partial charge >= 0.3 is 0 Å². The summed E-state index contributed by atoms with van der Waals surface area (Å²) in [5, 5.41) is 0. The van der Waals surface area contributed by atoms with E-state index in [4.69, 9.17) is 4.42 Å². The van der Waals surface area contributed by atoms with Gasteiger partial charge in [0.2, 0.25) is 5.91 Å². The third-order valence-electron chi connectivity index (χ3n) is 6.37. The van der Waals surface area contributed by atoms with Gasteiger partial charge in [-0.25, -0.2) is 0 Å². The molecule has 0 saturated carbocycles. The van der Waals surface area contributed by atoms with E-state index in [1.807, 2.05) is 82.6 Å². The average Bonchev–Trinajstić information content (AvgIpc) is 3.40. The summed E-state index contributed by atoms with van der Waals surface area (Å²) < 4.78 is 5.49. The fourth-order valence-corrected chi connectivity index (χ4v) is 4.94. The zero-order valence-electron chi connectivity index (χ0n) is 19.0. The van der Waals surface area contributed by atoms with Gasteiger partial charge in [-0.1, -0.05) is 66.7 Å². The molecule has 34 heavy (non-hydrogen) atoms. The van der Waals surface area contributed by atoms with Crippen LogP contribution in [-0.2, 0) is 11.2 Å². The molecule has 2 heterocycles. The van der Waals surface area contributed by atoms with Crippen LogP contribution < -0.4 is 9.80 Å². The fraction of sp³-hybridized carbons (Fsp3) is 0.172. The first kappa shape index (κ1) is 21.7. The van der Waals surface area contributed by atoms with E-state index >= 15 is 0 Å². The molecule has 1 aromatic heterocycles. The third-order valence-corrected chi connectivity index (χ3v) is 6.37.